The van der Waals surface area contributed by atoms with E-state index in [1.165, 1.54) is 11.0 Å². The van der Waals surface area contributed by atoms with Crippen molar-refractivity contribution in [1.29, 1.82) is 0 Å². The van der Waals surface area contributed by atoms with E-state index in [0.717, 1.165) is 0 Å². The first kappa shape index (κ1) is 21.9. The maximum absolute atomic E-state index is 14.2. The van der Waals surface area contributed by atoms with Crippen LogP contribution in [0.3, 0.4) is 0 Å². The summed E-state index contributed by atoms with van der Waals surface area (Å²) in [7, 11) is 7.21. The van der Waals surface area contributed by atoms with Gasteiger partial charge in [0, 0.05) is 32.7 Å². The molecule has 0 aliphatic carbocycles. The van der Waals surface area contributed by atoms with Crippen molar-refractivity contribution < 1.29 is 18.7 Å². The fraction of sp³-hybridized carbons (Fsp3) is 0.579. The third-order valence-electron chi connectivity index (χ3n) is 3.52. The Balaban J connectivity index is 3.00. The number of anilines is 1. The second-order valence-corrected chi connectivity index (χ2v) is 7.68. The summed E-state index contributed by atoms with van der Waals surface area (Å²) >= 11 is 0. The van der Waals surface area contributed by atoms with Gasteiger partial charge in [0.2, 0.25) is 0 Å². The largest absolute Gasteiger partial charge is 0.459 e. The summed E-state index contributed by atoms with van der Waals surface area (Å²) in [6.07, 6.45) is 0. The van der Waals surface area contributed by atoms with Crippen LogP contribution in [0.15, 0.2) is 18.2 Å². The van der Waals surface area contributed by atoms with Crippen molar-refractivity contribution in [2.24, 2.45) is 0 Å². The normalized spacial score (nSPS) is 11.4. The SMILES string of the molecule is CN(C)CCN(CC(=O)OC(C)(C)C)C(=O)c1ccc(N(C)C)c(F)c1. The van der Waals surface area contributed by atoms with Crippen LogP contribution in [-0.4, -0.2) is 75.1 Å². The summed E-state index contributed by atoms with van der Waals surface area (Å²) in [5.74, 6) is -1.37. The Bertz CT molecular complexity index is 639. The monoisotopic (exact) mass is 367 g/mol. The number of hydrogen-bond donors (Lipinski definition) is 0. The zero-order chi connectivity index (χ0) is 20.1. The summed E-state index contributed by atoms with van der Waals surface area (Å²) in [6.45, 7) is 6.04. The molecule has 1 aromatic carbocycles. The molecule has 0 atom stereocenters. The van der Waals surface area contributed by atoms with E-state index in [9.17, 15) is 14.0 Å². The molecule has 146 valence electrons. The molecule has 0 fully saturated rings. The predicted octanol–water partition coefficient (Wildman–Crippen LogP) is 2.24. The van der Waals surface area contributed by atoms with Crippen molar-refractivity contribution in [2.75, 3.05) is 52.7 Å². The molecule has 0 heterocycles. The summed E-state index contributed by atoms with van der Waals surface area (Å²) < 4.78 is 19.5. The van der Waals surface area contributed by atoms with Crippen molar-refractivity contribution in [3.8, 4) is 0 Å². The Kier molecular flexibility index (Phi) is 7.56. The number of nitrogens with zero attached hydrogens (tertiary/aromatic N) is 3. The minimum Gasteiger partial charge on any atom is -0.459 e. The molecule has 7 heteroatoms. The van der Waals surface area contributed by atoms with Crippen LogP contribution in [0.1, 0.15) is 31.1 Å². The number of amides is 1. The molecule has 26 heavy (non-hydrogen) atoms. The number of carbonyl (C=O) groups excluding carboxylic acids is 2. The lowest BCUT2D eigenvalue weighted by molar-refractivity contribution is -0.155. The molecule has 1 rings (SSSR count). The Hall–Kier alpha value is -2.15. The van der Waals surface area contributed by atoms with Gasteiger partial charge < -0.3 is 19.4 Å². The van der Waals surface area contributed by atoms with Crippen LogP contribution >= 0.6 is 0 Å². The minimum atomic E-state index is -0.632. The van der Waals surface area contributed by atoms with Crippen molar-refractivity contribution in [1.82, 2.24) is 9.80 Å². The molecule has 1 aromatic rings. The lowest BCUT2D eigenvalue weighted by Crippen LogP contribution is -2.42. The lowest BCUT2D eigenvalue weighted by Gasteiger charge is -2.26. The zero-order valence-corrected chi connectivity index (χ0v) is 16.8. The van der Waals surface area contributed by atoms with Gasteiger partial charge in [-0.15, -0.1) is 0 Å². The number of rotatable bonds is 7. The molecular weight excluding hydrogens is 337 g/mol. The third-order valence-corrected chi connectivity index (χ3v) is 3.52. The van der Waals surface area contributed by atoms with E-state index in [4.69, 9.17) is 4.74 Å². The Labute approximate surface area is 155 Å². The van der Waals surface area contributed by atoms with Crippen molar-refractivity contribution in [3.05, 3.63) is 29.6 Å². The fourth-order valence-corrected chi connectivity index (χ4v) is 2.29. The van der Waals surface area contributed by atoms with Gasteiger partial charge in [-0.05, 0) is 53.1 Å². The van der Waals surface area contributed by atoms with Gasteiger partial charge in [0.15, 0.2) is 0 Å². The average Bonchev–Trinajstić information content (AvgIpc) is 2.48. The number of ether oxygens (including phenoxy) is 1. The molecule has 0 aromatic heterocycles. The second kappa shape index (κ2) is 8.98. The number of carbonyl (C=O) groups is 2. The molecule has 0 bridgehead atoms. The molecule has 0 radical (unpaired) electrons. The maximum Gasteiger partial charge on any atom is 0.326 e. The Morgan fingerprint density at radius 2 is 1.69 bits per heavy atom. The highest BCUT2D eigenvalue weighted by Gasteiger charge is 2.23. The first-order valence-corrected chi connectivity index (χ1v) is 8.53. The molecule has 6 nitrogen and oxygen atoms in total. The van der Waals surface area contributed by atoms with Crippen LogP contribution in [0.25, 0.3) is 0 Å². The lowest BCUT2D eigenvalue weighted by atomic mass is 10.1. The fourth-order valence-electron chi connectivity index (χ4n) is 2.29. The zero-order valence-electron chi connectivity index (χ0n) is 16.8. The van der Waals surface area contributed by atoms with E-state index in [0.29, 0.717) is 18.8 Å². The van der Waals surface area contributed by atoms with Gasteiger partial charge in [0.25, 0.3) is 5.91 Å². The summed E-state index contributed by atoms with van der Waals surface area (Å²) in [4.78, 5) is 29.9. The highest BCUT2D eigenvalue weighted by Crippen LogP contribution is 2.19. The number of halogens is 1. The molecule has 0 unspecified atom stereocenters. The highest BCUT2D eigenvalue weighted by molar-refractivity contribution is 5.96. The third kappa shape index (κ3) is 7.00. The van der Waals surface area contributed by atoms with Crippen molar-refractivity contribution in [2.45, 2.75) is 26.4 Å². The second-order valence-electron chi connectivity index (χ2n) is 7.68. The molecule has 0 N–H and O–H groups in total. The molecule has 0 spiro atoms. The van der Waals surface area contributed by atoms with Gasteiger partial charge >= 0.3 is 5.97 Å². The van der Waals surface area contributed by atoms with Gasteiger partial charge in [-0.1, -0.05) is 0 Å². The molecule has 1 amide bonds. The summed E-state index contributed by atoms with van der Waals surface area (Å²) in [5, 5.41) is 0. The van der Waals surface area contributed by atoms with Gasteiger partial charge in [-0.25, -0.2) is 4.39 Å². The van der Waals surface area contributed by atoms with Crippen molar-refractivity contribution >= 4 is 17.6 Å². The number of hydrogen-bond acceptors (Lipinski definition) is 5. The number of esters is 1. The van der Waals surface area contributed by atoms with Crippen LogP contribution in [0.5, 0.6) is 0 Å². The quantitative estimate of drug-likeness (QED) is 0.692. The highest BCUT2D eigenvalue weighted by atomic mass is 19.1. The Morgan fingerprint density at radius 3 is 2.15 bits per heavy atom. The number of likely N-dealkylation sites (N-methyl/N-ethyl adjacent to an activating group) is 1. The molecule has 0 aliphatic rings. The van der Waals surface area contributed by atoms with Gasteiger partial charge in [0.05, 0.1) is 5.69 Å². The van der Waals surface area contributed by atoms with Crippen LogP contribution in [-0.2, 0) is 9.53 Å². The van der Waals surface area contributed by atoms with Crippen LogP contribution in [0.2, 0.25) is 0 Å². The molecule has 0 aliphatic heterocycles. The minimum absolute atomic E-state index is 0.180. The van der Waals surface area contributed by atoms with E-state index < -0.39 is 23.3 Å². The topological polar surface area (TPSA) is 53.1 Å². The molecular formula is C19H30FN3O3. The van der Waals surface area contributed by atoms with E-state index in [2.05, 4.69) is 0 Å². The van der Waals surface area contributed by atoms with Crippen LogP contribution in [0.4, 0.5) is 10.1 Å². The summed E-state index contributed by atoms with van der Waals surface area (Å²) in [6, 6.07) is 4.33. The van der Waals surface area contributed by atoms with E-state index in [1.54, 1.807) is 51.9 Å². The van der Waals surface area contributed by atoms with E-state index in [-0.39, 0.29) is 12.1 Å². The predicted molar refractivity (Wildman–Crippen MR) is 101 cm³/mol. The van der Waals surface area contributed by atoms with Crippen LogP contribution < -0.4 is 4.90 Å². The van der Waals surface area contributed by atoms with Gasteiger partial charge in [0.1, 0.15) is 18.0 Å². The smallest absolute Gasteiger partial charge is 0.326 e. The molecule has 0 saturated carbocycles. The maximum atomic E-state index is 14.2. The van der Waals surface area contributed by atoms with Gasteiger partial charge in [-0.2, -0.15) is 0 Å². The van der Waals surface area contributed by atoms with E-state index >= 15 is 0 Å². The molecule has 0 saturated heterocycles. The van der Waals surface area contributed by atoms with E-state index in [1.807, 2.05) is 19.0 Å². The van der Waals surface area contributed by atoms with Crippen LogP contribution in [0, 0.1) is 5.82 Å². The first-order valence-electron chi connectivity index (χ1n) is 8.53. The van der Waals surface area contributed by atoms with Gasteiger partial charge in [-0.3, -0.25) is 9.59 Å². The average molecular weight is 367 g/mol. The summed E-state index contributed by atoms with van der Waals surface area (Å²) in [5.41, 5.74) is -0.0312. The Morgan fingerprint density at radius 1 is 1.08 bits per heavy atom. The first-order chi connectivity index (χ1) is 11.9. The number of benzene rings is 1. The standard InChI is InChI=1S/C19H30FN3O3/c1-19(2,3)26-17(24)13-23(11-10-21(4)5)18(25)14-8-9-16(22(6)7)15(20)12-14/h8-9,12H,10-11,13H2,1-7H3. The van der Waals surface area contributed by atoms with Crippen molar-refractivity contribution in [3.63, 3.8) is 0 Å².